The summed E-state index contributed by atoms with van der Waals surface area (Å²) in [6.07, 6.45) is 0. The van der Waals surface area contributed by atoms with Gasteiger partial charge in [0, 0.05) is 11.6 Å². The Balaban J connectivity index is 1.63. The number of benzene rings is 2. The molecule has 0 aliphatic carbocycles. The lowest BCUT2D eigenvalue weighted by Gasteiger charge is -2.12. The van der Waals surface area contributed by atoms with Gasteiger partial charge >= 0.3 is 0 Å². The molecule has 0 bridgehead atoms. The third-order valence-corrected chi connectivity index (χ3v) is 4.35. The molecule has 0 aliphatic rings. The number of aromatic nitrogens is 2. The summed E-state index contributed by atoms with van der Waals surface area (Å²) < 4.78 is 30.0. The zero-order valence-electron chi connectivity index (χ0n) is 17.1. The topological polar surface area (TPSA) is 91.7 Å². The number of amides is 1. The van der Waals surface area contributed by atoms with Gasteiger partial charge in [0.1, 0.15) is 36.2 Å². The van der Waals surface area contributed by atoms with Crippen LogP contribution >= 0.6 is 0 Å². The SMILES string of the molecule is COc1ccc(OC)c(-c2ccc(=O)n(CC(=O)NCCOc3ccc(F)cc3)n2)c1. The summed E-state index contributed by atoms with van der Waals surface area (Å²) in [5, 5.41) is 6.95. The average molecular weight is 427 g/mol. The van der Waals surface area contributed by atoms with E-state index >= 15 is 0 Å². The largest absolute Gasteiger partial charge is 0.497 e. The van der Waals surface area contributed by atoms with Crippen LogP contribution in [-0.4, -0.2) is 43.1 Å². The fourth-order valence-corrected chi connectivity index (χ4v) is 2.80. The Morgan fingerprint density at radius 1 is 1.03 bits per heavy atom. The number of hydrogen-bond acceptors (Lipinski definition) is 6. The molecule has 2 aromatic carbocycles. The van der Waals surface area contributed by atoms with Crippen molar-refractivity contribution in [1.82, 2.24) is 15.1 Å². The van der Waals surface area contributed by atoms with E-state index in [2.05, 4.69) is 10.4 Å². The minimum Gasteiger partial charge on any atom is -0.497 e. The van der Waals surface area contributed by atoms with Gasteiger partial charge in [-0.1, -0.05) is 0 Å². The van der Waals surface area contributed by atoms with E-state index in [9.17, 15) is 14.0 Å². The van der Waals surface area contributed by atoms with Gasteiger partial charge in [-0.15, -0.1) is 0 Å². The zero-order valence-corrected chi connectivity index (χ0v) is 17.1. The molecule has 0 unspecified atom stereocenters. The molecule has 1 aromatic heterocycles. The van der Waals surface area contributed by atoms with Crippen molar-refractivity contribution in [3.05, 3.63) is 70.8 Å². The fraction of sp³-hybridized carbons (Fsp3) is 0.227. The monoisotopic (exact) mass is 427 g/mol. The number of nitrogens with one attached hydrogen (secondary N) is 1. The van der Waals surface area contributed by atoms with Gasteiger partial charge in [-0.25, -0.2) is 9.07 Å². The van der Waals surface area contributed by atoms with Crippen molar-refractivity contribution in [2.24, 2.45) is 0 Å². The molecule has 0 spiro atoms. The van der Waals surface area contributed by atoms with E-state index in [1.807, 2.05) is 0 Å². The second kappa shape index (κ2) is 10.2. The average Bonchev–Trinajstić information content (AvgIpc) is 2.79. The molecule has 0 aliphatic heterocycles. The molecule has 1 heterocycles. The number of nitrogens with zero attached hydrogens (tertiary/aromatic N) is 2. The van der Waals surface area contributed by atoms with Crippen LogP contribution in [-0.2, 0) is 11.3 Å². The quantitative estimate of drug-likeness (QED) is 0.527. The lowest BCUT2D eigenvalue weighted by Crippen LogP contribution is -2.35. The number of carbonyl (C=O) groups is 1. The van der Waals surface area contributed by atoms with Gasteiger partial charge in [0.2, 0.25) is 5.91 Å². The molecule has 0 radical (unpaired) electrons. The van der Waals surface area contributed by atoms with Crippen LogP contribution in [0.2, 0.25) is 0 Å². The highest BCUT2D eigenvalue weighted by Crippen LogP contribution is 2.31. The Labute approximate surface area is 178 Å². The number of halogens is 1. The number of ether oxygens (including phenoxy) is 3. The molecular formula is C22H22FN3O5. The summed E-state index contributed by atoms with van der Waals surface area (Å²) in [4.78, 5) is 24.4. The van der Waals surface area contributed by atoms with Crippen molar-refractivity contribution in [2.45, 2.75) is 6.54 Å². The van der Waals surface area contributed by atoms with Crippen LogP contribution < -0.4 is 25.1 Å². The number of carbonyl (C=O) groups excluding carboxylic acids is 1. The Morgan fingerprint density at radius 2 is 1.77 bits per heavy atom. The van der Waals surface area contributed by atoms with Gasteiger partial charge in [-0.3, -0.25) is 9.59 Å². The smallest absolute Gasteiger partial charge is 0.267 e. The predicted molar refractivity (Wildman–Crippen MR) is 112 cm³/mol. The van der Waals surface area contributed by atoms with Gasteiger partial charge in [-0.2, -0.15) is 5.10 Å². The summed E-state index contributed by atoms with van der Waals surface area (Å²) in [5.74, 6) is 0.906. The van der Waals surface area contributed by atoms with Crippen LogP contribution in [0.4, 0.5) is 4.39 Å². The molecule has 0 atom stereocenters. The number of hydrogen-bond donors (Lipinski definition) is 1. The molecule has 0 saturated heterocycles. The minimum atomic E-state index is -0.414. The van der Waals surface area contributed by atoms with Gasteiger partial charge in [-0.05, 0) is 48.5 Å². The lowest BCUT2D eigenvalue weighted by molar-refractivity contribution is -0.122. The summed E-state index contributed by atoms with van der Waals surface area (Å²) in [5.41, 5.74) is 0.676. The molecule has 1 amide bonds. The highest BCUT2D eigenvalue weighted by atomic mass is 19.1. The van der Waals surface area contributed by atoms with Crippen molar-refractivity contribution in [2.75, 3.05) is 27.4 Å². The Bertz CT molecular complexity index is 1100. The number of rotatable bonds is 9. The van der Waals surface area contributed by atoms with E-state index in [0.29, 0.717) is 28.5 Å². The van der Waals surface area contributed by atoms with Crippen molar-refractivity contribution >= 4 is 5.91 Å². The third kappa shape index (κ3) is 5.81. The summed E-state index contributed by atoms with van der Waals surface area (Å²) in [6, 6.07) is 13.7. The van der Waals surface area contributed by atoms with Crippen LogP contribution in [0, 0.1) is 5.82 Å². The van der Waals surface area contributed by atoms with E-state index in [1.165, 1.54) is 37.4 Å². The molecule has 0 fully saturated rings. The molecule has 31 heavy (non-hydrogen) atoms. The fourth-order valence-electron chi connectivity index (χ4n) is 2.80. The first-order valence-corrected chi connectivity index (χ1v) is 9.46. The van der Waals surface area contributed by atoms with E-state index in [4.69, 9.17) is 14.2 Å². The second-order valence-electron chi connectivity index (χ2n) is 6.43. The van der Waals surface area contributed by atoms with Gasteiger partial charge in [0.15, 0.2) is 0 Å². The maximum Gasteiger partial charge on any atom is 0.267 e. The third-order valence-electron chi connectivity index (χ3n) is 4.35. The van der Waals surface area contributed by atoms with Crippen molar-refractivity contribution < 1.29 is 23.4 Å². The predicted octanol–water partition coefficient (Wildman–Crippen LogP) is 2.26. The highest BCUT2D eigenvalue weighted by molar-refractivity contribution is 5.75. The van der Waals surface area contributed by atoms with Gasteiger partial charge in [0.05, 0.1) is 26.5 Å². The van der Waals surface area contributed by atoms with E-state index < -0.39 is 11.5 Å². The normalized spacial score (nSPS) is 10.4. The Morgan fingerprint density at radius 3 is 2.48 bits per heavy atom. The van der Waals surface area contributed by atoms with E-state index in [-0.39, 0.29) is 25.5 Å². The number of methoxy groups -OCH3 is 2. The second-order valence-corrected chi connectivity index (χ2v) is 6.43. The van der Waals surface area contributed by atoms with Gasteiger partial charge in [0.25, 0.3) is 5.56 Å². The standard InChI is InChI=1S/C22H22FN3O5/c1-29-17-7-9-20(30-2)18(13-17)19-8-10-22(28)26(25-19)14-21(27)24-11-12-31-16-5-3-15(23)4-6-16/h3-10,13H,11-12,14H2,1-2H3,(H,24,27). The Kier molecular flexibility index (Phi) is 7.21. The van der Waals surface area contributed by atoms with Crippen LogP contribution in [0.25, 0.3) is 11.3 Å². The van der Waals surface area contributed by atoms with Crippen LogP contribution in [0.3, 0.4) is 0 Å². The summed E-state index contributed by atoms with van der Waals surface area (Å²) in [6.45, 7) is 0.157. The van der Waals surface area contributed by atoms with Crippen molar-refractivity contribution in [3.63, 3.8) is 0 Å². The molecule has 3 rings (SSSR count). The zero-order chi connectivity index (χ0) is 22.2. The summed E-state index contributed by atoms with van der Waals surface area (Å²) >= 11 is 0. The molecule has 1 N–H and O–H groups in total. The maximum atomic E-state index is 12.9. The Hall–Kier alpha value is -3.88. The van der Waals surface area contributed by atoms with Crippen LogP contribution in [0.5, 0.6) is 17.2 Å². The molecular weight excluding hydrogens is 405 g/mol. The highest BCUT2D eigenvalue weighted by Gasteiger charge is 2.12. The molecule has 0 saturated carbocycles. The van der Waals surface area contributed by atoms with Crippen molar-refractivity contribution in [3.8, 4) is 28.5 Å². The first-order valence-electron chi connectivity index (χ1n) is 9.46. The maximum absolute atomic E-state index is 12.9. The van der Waals surface area contributed by atoms with Crippen LogP contribution in [0.1, 0.15) is 0 Å². The van der Waals surface area contributed by atoms with E-state index in [1.54, 1.807) is 31.4 Å². The van der Waals surface area contributed by atoms with Gasteiger partial charge < -0.3 is 19.5 Å². The molecule has 9 heteroatoms. The van der Waals surface area contributed by atoms with Crippen LogP contribution in [0.15, 0.2) is 59.4 Å². The van der Waals surface area contributed by atoms with E-state index in [0.717, 1.165) is 4.68 Å². The molecule has 162 valence electrons. The first kappa shape index (κ1) is 21.8. The first-order chi connectivity index (χ1) is 15.0. The van der Waals surface area contributed by atoms with Crippen molar-refractivity contribution in [1.29, 1.82) is 0 Å². The lowest BCUT2D eigenvalue weighted by atomic mass is 10.1. The minimum absolute atomic E-state index is 0.195. The summed E-state index contributed by atoms with van der Waals surface area (Å²) in [7, 11) is 3.08. The molecule has 8 nitrogen and oxygen atoms in total. The molecule has 3 aromatic rings.